The van der Waals surface area contributed by atoms with E-state index in [1.54, 1.807) is 0 Å². The number of benzene rings is 10. The molecule has 0 aliphatic carbocycles. The molecule has 0 bridgehead atoms. The van der Waals surface area contributed by atoms with Gasteiger partial charge in [-0.25, -0.2) is 0 Å². The van der Waals surface area contributed by atoms with E-state index in [9.17, 15) is 0 Å². The number of nitrogens with zero attached hydrogens (tertiary/aromatic N) is 3. The number of hydrogen-bond donors (Lipinski definition) is 0. The fourth-order valence-corrected chi connectivity index (χ4v) is 11.0. The maximum absolute atomic E-state index is 6.12. The third kappa shape index (κ3) is 18.3. The van der Waals surface area contributed by atoms with Gasteiger partial charge in [-0.1, -0.05) is 116 Å². The van der Waals surface area contributed by atoms with Crippen LogP contribution in [0.5, 0.6) is 34.5 Å². The Morgan fingerprint density at radius 3 is 0.462 bits per heavy atom. The number of unbranched alkanes of at least 4 members (excludes halogenated alkanes) is 6. The van der Waals surface area contributed by atoms with Gasteiger partial charge in [-0.3, -0.25) is 0 Å². The van der Waals surface area contributed by atoms with Crippen molar-refractivity contribution in [1.82, 2.24) is 0 Å². The molecule has 0 heterocycles. The molecule has 0 saturated heterocycles. The Hall–Kier alpha value is -9.60. The first-order valence-electron chi connectivity index (χ1n) is 34.1. The summed E-state index contributed by atoms with van der Waals surface area (Å²) in [6, 6.07) is 84.5. The number of hydrogen-bond acceptors (Lipinski definition) is 9. The summed E-state index contributed by atoms with van der Waals surface area (Å²) in [6.07, 6.45) is 12.6. The molecule has 480 valence electrons. The fourth-order valence-electron chi connectivity index (χ4n) is 11.0. The van der Waals surface area contributed by atoms with Crippen LogP contribution in [0.2, 0.25) is 0 Å². The van der Waals surface area contributed by atoms with Crippen LogP contribution in [0.4, 0.5) is 51.2 Å². The average molecular weight is 1240 g/mol. The highest BCUT2D eigenvalue weighted by molar-refractivity contribution is 5.86. The summed E-state index contributed by atoms with van der Waals surface area (Å²) in [5, 5.41) is 0. The smallest absolute Gasteiger partial charge is 0.119 e. The molecule has 0 unspecified atom stereocenters. The Balaban J connectivity index is 1.03. The Morgan fingerprint density at radius 2 is 0.323 bits per heavy atom. The largest absolute Gasteiger partial charge is 0.494 e. The van der Waals surface area contributed by atoms with E-state index in [1.165, 1.54) is 0 Å². The van der Waals surface area contributed by atoms with Gasteiger partial charge in [-0.15, -0.1) is 0 Å². The summed E-state index contributed by atoms with van der Waals surface area (Å²) in [6.45, 7) is 17.3. The first kappa shape index (κ1) is 66.3. The topological polar surface area (TPSA) is 65.1 Å². The van der Waals surface area contributed by atoms with Crippen LogP contribution in [-0.2, 0) is 0 Å². The van der Waals surface area contributed by atoms with Crippen molar-refractivity contribution in [3.63, 3.8) is 0 Å². The Labute approximate surface area is 554 Å². The lowest BCUT2D eigenvalue weighted by Crippen LogP contribution is -2.10. The van der Waals surface area contributed by atoms with E-state index in [0.29, 0.717) is 39.6 Å². The molecule has 0 saturated carbocycles. The maximum Gasteiger partial charge on any atom is 0.119 e. The van der Waals surface area contributed by atoms with Crippen LogP contribution in [0.25, 0.3) is 33.4 Å². The van der Waals surface area contributed by atoms with Gasteiger partial charge in [0.15, 0.2) is 0 Å². The summed E-state index contributed by atoms with van der Waals surface area (Å²) in [7, 11) is 0. The highest BCUT2D eigenvalue weighted by atomic mass is 16.5. The quantitative estimate of drug-likeness (QED) is 0.0357. The molecule has 93 heavy (non-hydrogen) atoms. The van der Waals surface area contributed by atoms with Crippen molar-refractivity contribution in [3.8, 4) is 67.9 Å². The van der Waals surface area contributed by atoms with E-state index in [-0.39, 0.29) is 0 Å². The molecule has 0 atom stereocenters. The van der Waals surface area contributed by atoms with Crippen molar-refractivity contribution in [2.75, 3.05) is 54.3 Å². The van der Waals surface area contributed by atoms with Crippen LogP contribution in [0.15, 0.2) is 237 Å². The average Bonchev–Trinajstić information content (AvgIpc) is 0.896. The van der Waals surface area contributed by atoms with E-state index >= 15 is 0 Å². The third-order valence-electron chi connectivity index (χ3n) is 16.5. The highest BCUT2D eigenvalue weighted by Crippen LogP contribution is 2.43. The Morgan fingerprint density at radius 1 is 0.183 bits per heavy atom. The van der Waals surface area contributed by atoms with Crippen LogP contribution in [0.1, 0.15) is 119 Å². The predicted octanol–water partition coefficient (Wildman–Crippen LogP) is 24.2. The van der Waals surface area contributed by atoms with Crippen molar-refractivity contribution in [3.05, 3.63) is 237 Å². The summed E-state index contributed by atoms with van der Waals surface area (Å²) >= 11 is 0. The van der Waals surface area contributed by atoms with Gasteiger partial charge in [0.25, 0.3) is 0 Å². The second-order valence-corrected chi connectivity index (χ2v) is 23.6. The van der Waals surface area contributed by atoms with Crippen LogP contribution in [-0.4, -0.2) is 39.6 Å². The van der Waals surface area contributed by atoms with Gasteiger partial charge in [0.1, 0.15) is 34.5 Å². The number of ether oxygens (including phenoxy) is 6. The molecule has 0 aromatic heterocycles. The second-order valence-electron chi connectivity index (χ2n) is 23.6. The molecule has 9 heteroatoms. The van der Waals surface area contributed by atoms with E-state index in [0.717, 1.165) is 196 Å². The Kier molecular flexibility index (Phi) is 24.8. The van der Waals surface area contributed by atoms with E-state index in [2.05, 4.69) is 293 Å². The van der Waals surface area contributed by atoms with Crippen molar-refractivity contribution >= 4 is 51.2 Å². The zero-order valence-corrected chi connectivity index (χ0v) is 55.5. The van der Waals surface area contributed by atoms with Crippen LogP contribution < -0.4 is 43.1 Å². The van der Waals surface area contributed by atoms with Gasteiger partial charge in [0.2, 0.25) is 0 Å². The van der Waals surface area contributed by atoms with Crippen LogP contribution >= 0.6 is 0 Å². The Bertz CT molecular complexity index is 3210. The lowest BCUT2D eigenvalue weighted by Gasteiger charge is -2.26. The molecule has 10 rings (SSSR count). The second kappa shape index (κ2) is 34.7. The number of anilines is 9. The monoisotopic (exact) mass is 1240 g/mol. The SMILES string of the molecule is CCCCOc1ccc(N(c2ccc(OCCCC)cc2)c2ccc(-c3cc(-c4ccc(N(c5ccc(OCCCC)cc5)c5ccc(OCCCC)cc5)cc4)cc(-c4ccc(N(c5ccc(OCCCC)cc5)c5ccc(OCCCC)cc5)cc4)c3)cc2)cc1. The first-order valence-corrected chi connectivity index (χ1v) is 34.1. The molecule has 0 aliphatic heterocycles. The molecule has 0 radical (unpaired) electrons. The van der Waals surface area contributed by atoms with Crippen molar-refractivity contribution in [2.24, 2.45) is 0 Å². The van der Waals surface area contributed by atoms with Gasteiger partial charge in [0.05, 0.1) is 39.6 Å². The van der Waals surface area contributed by atoms with E-state index < -0.39 is 0 Å². The minimum Gasteiger partial charge on any atom is -0.494 e. The lowest BCUT2D eigenvalue weighted by atomic mass is 9.93. The first-order chi connectivity index (χ1) is 45.8. The molecular weight excluding hydrogens is 1150 g/mol. The molecule has 10 aromatic carbocycles. The third-order valence-corrected chi connectivity index (χ3v) is 16.5. The predicted molar refractivity (Wildman–Crippen MR) is 389 cm³/mol. The number of rotatable bonds is 36. The fraction of sp³-hybridized carbons (Fsp3) is 0.286. The summed E-state index contributed by atoms with van der Waals surface area (Å²) < 4.78 is 36.7. The van der Waals surface area contributed by atoms with Crippen LogP contribution in [0.3, 0.4) is 0 Å². The van der Waals surface area contributed by atoms with Gasteiger partial charge in [0, 0.05) is 51.2 Å². The zero-order chi connectivity index (χ0) is 64.4. The molecule has 9 nitrogen and oxygen atoms in total. The van der Waals surface area contributed by atoms with Gasteiger partial charge in [-0.05, 0) is 272 Å². The van der Waals surface area contributed by atoms with E-state index in [4.69, 9.17) is 28.4 Å². The van der Waals surface area contributed by atoms with Gasteiger partial charge in [-0.2, -0.15) is 0 Å². The lowest BCUT2D eigenvalue weighted by molar-refractivity contribution is 0.309. The molecule has 0 spiro atoms. The minimum absolute atomic E-state index is 0.697. The van der Waals surface area contributed by atoms with Crippen molar-refractivity contribution < 1.29 is 28.4 Å². The van der Waals surface area contributed by atoms with Crippen molar-refractivity contribution in [2.45, 2.75) is 119 Å². The molecule has 0 N–H and O–H groups in total. The van der Waals surface area contributed by atoms with E-state index in [1.807, 2.05) is 0 Å². The minimum atomic E-state index is 0.697. The normalized spacial score (nSPS) is 11.0. The molecule has 0 fully saturated rings. The summed E-state index contributed by atoms with van der Waals surface area (Å²) in [4.78, 5) is 6.89. The van der Waals surface area contributed by atoms with Crippen LogP contribution in [0, 0.1) is 0 Å². The van der Waals surface area contributed by atoms with Gasteiger partial charge >= 0.3 is 0 Å². The highest BCUT2D eigenvalue weighted by Gasteiger charge is 2.19. The van der Waals surface area contributed by atoms with Gasteiger partial charge < -0.3 is 43.1 Å². The zero-order valence-electron chi connectivity index (χ0n) is 55.5. The standard InChI is InChI=1S/C84H93N3O6/c1-7-13-55-88-79-43-31-73(32-44-79)85(74-33-45-80(46-34-74)89-56-14-8-2)70-25-19-64(20-26-70)67-61-68(65-21-27-71(28-22-65)86(75-35-47-81(48-36-75)90-57-15-9-3)76-37-49-82(50-38-76)91-58-16-10-4)63-69(62-67)66-23-29-72(30-24-66)87(77-39-51-83(52-40-77)92-59-17-11-5)78-41-53-84(54-42-78)93-60-18-12-6/h19-54,61-63H,7-18,55-60H2,1-6H3. The molecule has 0 amide bonds. The molecule has 0 aliphatic rings. The molecule has 10 aromatic rings. The summed E-state index contributed by atoms with van der Waals surface area (Å²) in [5.74, 6) is 5.20. The maximum atomic E-state index is 6.12. The molecular formula is C84H93N3O6. The summed E-state index contributed by atoms with van der Waals surface area (Å²) in [5.41, 5.74) is 15.9. The van der Waals surface area contributed by atoms with Crippen molar-refractivity contribution in [1.29, 1.82) is 0 Å².